The van der Waals surface area contributed by atoms with Gasteiger partial charge in [-0.1, -0.05) is 23.7 Å². The van der Waals surface area contributed by atoms with Crippen molar-refractivity contribution in [3.05, 3.63) is 64.7 Å². The van der Waals surface area contributed by atoms with Crippen molar-refractivity contribution in [2.75, 3.05) is 31.5 Å². The molecule has 0 spiro atoms. The molecule has 1 aliphatic heterocycles. The fourth-order valence-corrected chi connectivity index (χ4v) is 3.26. The maximum atomic E-state index is 13.3. The van der Waals surface area contributed by atoms with Crippen LogP contribution in [0.3, 0.4) is 0 Å². The molecule has 0 aliphatic carbocycles. The quantitative estimate of drug-likeness (QED) is 0.805. The molecule has 1 heterocycles. The van der Waals surface area contributed by atoms with E-state index in [-0.39, 0.29) is 10.8 Å². The van der Waals surface area contributed by atoms with E-state index < -0.39 is 5.82 Å². The van der Waals surface area contributed by atoms with Gasteiger partial charge < -0.3 is 10.2 Å². The average Bonchev–Trinajstić information content (AvgIpc) is 2.59. The van der Waals surface area contributed by atoms with E-state index in [1.807, 2.05) is 6.07 Å². The summed E-state index contributed by atoms with van der Waals surface area (Å²) in [6.07, 6.45) is 0. The zero-order valence-corrected chi connectivity index (χ0v) is 15.1. The van der Waals surface area contributed by atoms with Crippen LogP contribution in [0.15, 0.2) is 42.5 Å². The molecule has 0 bridgehead atoms. The van der Waals surface area contributed by atoms with Crippen molar-refractivity contribution in [1.29, 1.82) is 0 Å². The van der Waals surface area contributed by atoms with Crippen LogP contribution in [0.5, 0.6) is 0 Å². The lowest BCUT2D eigenvalue weighted by molar-refractivity contribution is 0.177. The highest BCUT2D eigenvalue weighted by Crippen LogP contribution is 2.20. The van der Waals surface area contributed by atoms with E-state index in [0.717, 1.165) is 38.3 Å². The molecule has 0 radical (unpaired) electrons. The number of hydrogen-bond donors (Lipinski definition) is 1. The topological polar surface area (TPSA) is 18.5 Å². The average molecular weight is 382 g/mol. The standard InChI is InChI=1S/C18H18ClF2N3S/c19-16-11-15(4-5-17(16)21)22-18(25)24-8-6-23(7-9-24)12-13-2-1-3-14(20)10-13/h1-5,10-11H,6-9,12H2,(H,22,25). The lowest BCUT2D eigenvalue weighted by Crippen LogP contribution is -2.49. The van der Waals surface area contributed by atoms with Gasteiger partial charge in [-0.15, -0.1) is 0 Å². The number of thiocarbonyl (C=S) groups is 1. The summed E-state index contributed by atoms with van der Waals surface area (Å²) in [6, 6.07) is 11.1. The van der Waals surface area contributed by atoms with Crippen LogP contribution in [0.1, 0.15) is 5.56 Å². The van der Waals surface area contributed by atoms with Crippen LogP contribution in [0, 0.1) is 11.6 Å². The van der Waals surface area contributed by atoms with Crippen LogP contribution in [-0.2, 0) is 6.54 Å². The number of benzene rings is 2. The number of rotatable bonds is 3. The lowest BCUT2D eigenvalue weighted by Gasteiger charge is -2.36. The Labute approximate surface area is 156 Å². The summed E-state index contributed by atoms with van der Waals surface area (Å²) in [6.45, 7) is 3.94. The number of nitrogens with zero attached hydrogens (tertiary/aromatic N) is 2. The third kappa shape index (κ3) is 4.87. The zero-order valence-electron chi connectivity index (χ0n) is 13.5. The smallest absolute Gasteiger partial charge is 0.173 e. The molecule has 3 rings (SSSR count). The predicted molar refractivity (Wildman–Crippen MR) is 101 cm³/mol. The maximum Gasteiger partial charge on any atom is 0.173 e. The van der Waals surface area contributed by atoms with Crippen molar-refractivity contribution in [2.45, 2.75) is 6.54 Å². The van der Waals surface area contributed by atoms with Gasteiger partial charge in [0.25, 0.3) is 0 Å². The van der Waals surface area contributed by atoms with E-state index in [1.165, 1.54) is 18.2 Å². The molecule has 1 fully saturated rings. The highest BCUT2D eigenvalue weighted by Gasteiger charge is 2.19. The van der Waals surface area contributed by atoms with Crippen LogP contribution >= 0.6 is 23.8 Å². The van der Waals surface area contributed by atoms with Gasteiger partial charge >= 0.3 is 0 Å². The molecular weight excluding hydrogens is 364 g/mol. The Morgan fingerprint density at radius 2 is 1.84 bits per heavy atom. The third-order valence-corrected chi connectivity index (χ3v) is 4.78. The van der Waals surface area contributed by atoms with E-state index in [1.54, 1.807) is 18.2 Å². The summed E-state index contributed by atoms with van der Waals surface area (Å²) in [5.74, 6) is -0.663. The van der Waals surface area contributed by atoms with Crippen molar-refractivity contribution in [1.82, 2.24) is 9.80 Å². The van der Waals surface area contributed by atoms with E-state index in [9.17, 15) is 8.78 Å². The first-order valence-electron chi connectivity index (χ1n) is 7.99. The predicted octanol–water partition coefficient (Wildman–Crippen LogP) is 4.13. The second-order valence-electron chi connectivity index (χ2n) is 5.95. The van der Waals surface area contributed by atoms with Crippen LogP contribution < -0.4 is 5.32 Å². The molecule has 2 aromatic rings. The normalized spacial score (nSPS) is 15.2. The fourth-order valence-electron chi connectivity index (χ4n) is 2.78. The largest absolute Gasteiger partial charge is 0.346 e. The third-order valence-electron chi connectivity index (χ3n) is 4.13. The van der Waals surface area contributed by atoms with E-state index in [4.69, 9.17) is 23.8 Å². The Balaban J connectivity index is 1.51. The molecule has 2 aromatic carbocycles. The molecule has 7 heteroatoms. The number of piperazine rings is 1. The molecule has 0 saturated carbocycles. The van der Waals surface area contributed by atoms with Gasteiger partial charge in [0, 0.05) is 38.4 Å². The van der Waals surface area contributed by atoms with Crippen LogP contribution in [0.25, 0.3) is 0 Å². The van der Waals surface area contributed by atoms with Crippen LogP contribution in [0.4, 0.5) is 14.5 Å². The minimum atomic E-state index is -0.455. The molecule has 0 aromatic heterocycles. The minimum Gasteiger partial charge on any atom is -0.346 e. The summed E-state index contributed by atoms with van der Waals surface area (Å²) in [5, 5.41) is 3.74. The molecule has 1 saturated heterocycles. The molecule has 0 amide bonds. The van der Waals surface area contributed by atoms with Gasteiger partial charge in [-0.05, 0) is 48.1 Å². The van der Waals surface area contributed by atoms with Crippen molar-refractivity contribution >= 4 is 34.6 Å². The van der Waals surface area contributed by atoms with Gasteiger partial charge in [0.15, 0.2) is 5.11 Å². The Kier molecular flexibility index (Phi) is 5.83. The van der Waals surface area contributed by atoms with Crippen LogP contribution in [0.2, 0.25) is 5.02 Å². The second-order valence-corrected chi connectivity index (χ2v) is 6.75. The van der Waals surface area contributed by atoms with Gasteiger partial charge in [0.05, 0.1) is 5.02 Å². The first kappa shape index (κ1) is 18.0. The number of anilines is 1. The molecular formula is C18H18ClF2N3S. The van der Waals surface area contributed by atoms with Crippen molar-refractivity contribution < 1.29 is 8.78 Å². The van der Waals surface area contributed by atoms with E-state index in [0.29, 0.717) is 10.8 Å². The molecule has 0 unspecified atom stereocenters. The van der Waals surface area contributed by atoms with Gasteiger partial charge in [-0.2, -0.15) is 0 Å². The maximum absolute atomic E-state index is 13.3. The van der Waals surface area contributed by atoms with Gasteiger partial charge in [0.2, 0.25) is 0 Å². The molecule has 0 atom stereocenters. The van der Waals surface area contributed by atoms with Crippen molar-refractivity contribution in [2.24, 2.45) is 0 Å². The molecule has 1 aliphatic rings. The Morgan fingerprint density at radius 3 is 2.52 bits per heavy atom. The second kappa shape index (κ2) is 8.08. The number of nitrogens with one attached hydrogen (secondary N) is 1. The molecule has 132 valence electrons. The summed E-state index contributed by atoms with van der Waals surface area (Å²) in [7, 11) is 0. The molecule has 1 N–H and O–H groups in total. The first-order valence-corrected chi connectivity index (χ1v) is 8.77. The summed E-state index contributed by atoms with van der Waals surface area (Å²) in [4.78, 5) is 4.33. The highest BCUT2D eigenvalue weighted by molar-refractivity contribution is 7.80. The Bertz CT molecular complexity index is 764. The SMILES string of the molecule is Fc1cccc(CN2CCN(C(=S)Nc3ccc(F)c(Cl)c3)CC2)c1. The number of halogens is 3. The minimum absolute atomic E-state index is 0.0627. The van der Waals surface area contributed by atoms with Crippen molar-refractivity contribution in [3.63, 3.8) is 0 Å². The van der Waals surface area contributed by atoms with Gasteiger partial charge in [-0.3, -0.25) is 4.90 Å². The van der Waals surface area contributed by atoms with E-state index in [2.05, 4.69) is 15.1 Å². The number of hydrogen-bond acceptors (Lipinski definition) is 2. The lowest BCUT2D eigenvalue weighted by atomic mass is 10.2. The summed E-state index contributed by atoms with van der Waals surface area (Å²) < 4.78 is 26.5. The van der Waals surface area contributed by atoms with Crippen LogP contribution in [-0.4, -0.2) is 41.1 Å². The van der Waals surface area contributed by atoms with E-state index >= 15 is 0 Å². The van der Waals surface area contributed by atoms with Gasteiger partial charge in [0.1, 0.15) is 11.6 Å². The first-order chi connectivity index (χ1) is 12.0. The monoisotopic (exact) mass is 381 g/mol. The Hall–Kier alpha value is -1.76. The summed E-state index contributed by atoms with van der Waals surface area (Å²) >= 11 is 11.2. The fraction of sp³-hybridized carbons (Fsp3) is 0.278. The molecule has 25 heavy (non-hydrogen) atoms. The Morgan fingerprint density at radius 1 is 1.08 bits per heavy atom. The van der Waals surface area contributed by atoms with Crippen molar-refractivity contribution in [3.8, 4) is 0 Å². The highest BCUT2D eigenvalue weighted by atomic mass is 35.5. The summed E-state index contributed by atoms with van der Waals surface area (Å²) in [5.41, 5.74) is 1.63. The zero-order chi connectivity index (χ0) is 17.8. The molecule has 3 nitrogen and oxygen atoms in total. The van der Waals surface area contributed by atoms with Gasteiger partial charge in [-0.25, -0.2) is 8.78 Å².